The first-order valence-corrected chi connectivity index (χ1v) is 7.92. The molecule has 3 aromatic rings. The molecule has 26 heavy (non-hydrogen) atoms. The van der Waals surface area contributed by atoms with E-state index in [0.29, 0.717) is 18.1 Å². The summed E-state index contributed by atoms with van der Waals surface area (Å²) >= 11 is 0. The lowest BCUT2D eigenvalue weighted by atomic mass is 10.2. The molecule has 0 atom stereocenters. The predicted molar refractivity (Wildman–Crippen MR) is 96.8 cm³/mol. The van der Waals surface area contributed by atoms with Gasteiger partial charge in [-0.2, -0.15) is 5.21 Å². The lowest BCUT2D eigenvalue weighted by Gasteiger charge is -2.08. The molecule has 0 aliphatic carbocycles. The van der Waals surface area contributed by atoms with E-state index in [1.54, 1.807) is 20.3 Å². The number of hydrogen-bond acceptors (Lipinski definition) is 6. The molecule has 3 rings (SSSR count). The van der Waals surface area contributed by atoms with Gasteiger partial charge >= 0.3 is 0 Å². The van der Waals surface area contributed by atoms with Crippen molar-refractivity contribution in [1.29, 1.82) is 0 Å². The molecule has 0 fully saturated rings. The largest absolute Gasteiger partial charge is 0.497 e. The Morgan fingerprint density at radius 3 is 2.54 bits per heavy atom. The number of H-pyrrole nitrogens is 1. The van der Waals surface area contributed by atoms with Crippen molar-refractivity contribution in [3.63, 3.8) is 0 Å². The van der Waals surface area contributed by atoms with Gasteiger partial charge in [-0.1, -0.05) is 18.2 Å². The average Bonchev–Trinajstić information content (AvgIpc) is 3.14. The van der Waals surface area contributed by atoms with Crippen LogP contribution in [0, 0.1) is 0 Å². The Hall–Kier alpha value is -3.55. The first-order chi connectivity index (χ1) is 12.7. The van der Waals surface area contributed by atoms with Gasteiger partial charge in [0.25, 0.3) is 5.91 Å². The first kappa shape index (κ1) is 17.3. The molecule has 2 aromatic carbocycles. The second-order valence-electron chi connectivity index (χ2n) is 5.41. The maximum absolute atomic E-state index is 12.4. The van der Waals surface area contributed by atoms with Crippen LogP contribution in [0.1, 0.15) is 16.1 Å². The predicted octanol–water partition coefficient (Wildman–Crippen LogP) is 2.50. The summed E-state index contributed by atoms with van der Waals surface area (Å²) in [7, 11) is 3.20. The number of methoxy groups -OCH3 is 2. The zero-order valence-electron chi connectivity index (χ0n) is 14.4. The molecule has 1 amide bonds. The number of anilines is 2. The van der Waals surface area contributed by atoms with Crippen molar-refractivity contribution in [1.82, 2.24) is 20.7 Å². The first-order valence-electron chi connectivity index (χ1n) is 7.92. The third kappa shape index (κ3) is 4.10. The van der Waals surface area contributed by atoms with Crippen molar-refractivity contribution in [3.8, 4) is 11.5 Å². The zero-order chi connectivity index (χ0) is 18.4. The molecule has 0 saturated heterocycles. The van der Waals surface area contributed by atoms with E-state index in [0.717, 1.165) is 17.0 Å². The van der Waals surface area contributed by atoms with Gasteiger partial charge in [0.1, 0.15) is 11.5 Å². The van der Waals surface area contributed by atoms with Crippen molar-refractivity contribution < 1.29 is 14.3 Å². The lowest BCUT2D eigenvalue weighted by Crippen LogP contribution is -2.24. The van der Waals surface area contributed by atoms with Gasteiger partial charge in [-0.25, -0.2) is 0 Å². The Bertz CT molecular complexity index is 877. The van der Waals surface area contributed by atoms with Crippen LogP contribution in [0.15, 0.2) is 48.5 Å². The number of carbonyl (C=O) groups is 1. The van der Waals surface area contributed by atoms with E-state index >= 15 is 0 Å². The van der Waals surface area contributed by atoms with E-state index in [1.807, 2.05) is 42.5 Å². The minimum Gasteiger partial charge on any atom is -0.497 e. The number of rotatable bonds is 7. The standard InChI is InChI=1S/C18H19N5O3/c1-25-14-8-6-12(7-9-14)11-19-18(24)16-17(22-23-21-16)20-13-4-3-5-15(10-13)26-2/h3-10H,11H2,1-2H3,(H,19,24)(H2,20,21,22,23). The highest BCUT2D eigenvalue weighted by Gasteiger charge is 2.16. The number of aromatic nitrogens is 3. The van der Waals surface area contributed by atoms with Gasteiger partial charge in [-0.15, -0.1) is 10.2 Å². The molecule has 0 saturated carbocycles. The molecule has 134 valence electrons. The van der Waals surface area contributed by atoms with Crippen LogP contribution in [-0.2, 0) is 6.54 Å². The number of aromatic amines is 1. The summed E-state index contributed by atoms with van der Waals surface area (Å²) in [5, 5.41) is 16.3. The van der Waals surface area contributed by atoms with Crippen LogP contribution in [0.2, 0.25) is 0 Å². The van der Waals surface area contributed by atoms with E-state index in [2.05, 4.69) is 26.0 Å². The number of nitrogens with one attached hydrogen (secondary N) is 3. The summed E-state index contributed by atoms with van der Waals surface area (Å²) in [6.45, 7) is 0.369. The molecule has 3 N–H and O–H groups in total. The molecule has 1 aromatic heterocycles. The number of ether oxygens (including phenoxy) is 2. The Kier molecular flexibility index (Phi) is 5.33. The highest BCUT2D eigenvalue weighted by atomic mass is 16.5. The van der Waals surface area contributed by atoms with Gasteiger partial charge in [0, 0.05) is 18.3 Å². The van der Waals surface area contributed by atoms with Crippen LogP contribution in [0.25, 0.3) is 0 Å². The molecule has 1 heterocycles. The van der Waals surface area contributed by atoms with E-state index in [1.165, 1.54) is 0 Å². The normalized spacial score (nSPS) is 10.2. The minimum absolute atomic E-state index is 0.182. The van der Waals surface area contributed by atoms with Gasteiger partial charge in [0.05, 0.1) is 14.2 Å². The topological polar surface area (TPSA) is 101 Å². The molecule has 8 nitrogen and oxygen atoms in total. The number of amides is 1. The molecule has 8 heteroatoms. The third-order valence-corrected chi connectivity index (χ3v) is 3.71. The minimum atomic E-state index is -0.333. The average molecular weight is 353 g/mol. The number of carbonyl (C=O) groups excluding carboxylic acids is 1. The smallest absolute Gasteiger partial charge is 0.275 e. The van der Waals surface area contributed by atoms with Gasteiger partial charge < -0.3 is 20.1 Å². The summed E-state index contributed by atoms with van der Waals surface area (Å²) in [6, 6.07) is 14.8. The number of benzene rings is 2. The summed E-state index contributed by atoms with van der Waals surface area (Å²) in [5.74, 6) is 1.47. The van der Waals surface area contributed by atoms with E-state index in [9.17, 15) is 4.79 Å². The van der Waals surface area contributed by atoms with Gasteiger partial charge in [0.2, 0.25) is 0 Å². The van der Waals surface area contributed by atoms with Crippen LogP contribution in [-0.4, -0.2) is 35.5 Å². The second-order valence-corrected chi connectivity index (χ2v) is 5.41. The molecular formula is C18H19N5O3. The maximum atomic E-state index is 12.4. The van der Waals surface area contributed by atoms with Crippen molar-refractivity contribution in [3.05, 3.63) is 59.8 Å². The van der Waals surface area contributed by atoms with Crippen molar-refractivity contribution in [2.45, 2.75) is 6.54 Å². The van der Waals surface area contributed by atoms with Gasteiger partial charge in [-0.05, 0) is 29.8 Å². The van der Waals surface area contributed by atoms with E-state index < -0.39 is 0 Å². The lowest BCUT2D eigenvalue weighted by molar-refractivity contribution is 0.0946. The summed E-state index contributed by atoms with van der Waals surface area (Å²) in [6.07, 6.45) is 0. The Morgan fingerprint density at radius 1 is 1.04 bits per heavy atom. The summed E-state index contributed by atoms with van der Waals surface area (Å²) in [5.41, 5.74) is 1.87. The fourth-order valence-corrected chi connectivity index (χ4v) is 2.32. The quantitative estimate of drug-likeness (QED) is 0.603. The van der Waals surface area contributed by atoms with Crippen molar-refractivity contribution in [2.75, 3.05) is 19.5 Å². The summed E-state index contributed by atoms with van der Waals surface area (Å²) in [4.78, 5) is 12.4. The third-order valence-electron chi connectivity index (χ3n) is 3.71. The monoisotopic (exact) mass is 353 g/mol. The fraction of sp³-hybridized carbons (Fsp3) is 0.167. The van der Waals surface area contributed by atoms with Crippen LogP contribution in [0.4, 0.5) is 11.5 Å². The van der Waals surface area contributed by atoms with Crippen molar-refractivity contribution >= 4 is 17.4 Å². The van der Waals surface area contributed by atoms with E-state index in [-0.39, 0.29) is 11.6 Å². The van der Waals surface area contributed by atoms with E-state index in [4.69, 9.17) is 9.47 Å². The summed E-state index contributed by atoms with van der Waals surface area (Å²) < 4.78 is 10.3. The van der Waals surface area contributed by atoms with Crippen LogP contribution < -0.4 is 20.1 Å². The molecule has 0 aliphatic rings. The van der Waals surface area contributed by atoms with Crippen LogP contribution in [0.3, 0.4) is 0 Å². The number of hydrogen-bond donors (Lipinski definition) is 3. The highest BCUT2D eigenvalue weighted by molar-refractivity contribution is 5.97. The molecule has 0 unspecified atom stereocenters. The maximum Gasteiger partial charge on any atom is 0.275 e. The number of nitrogens with zero attached hydrogens (tertiary/aromatic N) is 2. The second kappa shape index (κ2) is 8.02. The van der Waals surface area contributed by atoms with Gasteiger partial charge in [-0.3, -0.25) is 4.79 Å². The Labute approximate surface area is 150 Å². The fourth-order valence-electron chi connectivity index (χ4n) is 2.32. The Balaban J connectivity index is 1.65. The van der Waals surface area contributed by atoms with Gasteiger partial charge in [0.15, 0.2) is 11.5 Å². The Morgan fingerprint density at radius 2 is 1.81 bits per heavy atom. The van der Waals surface area contributed by atoms with Crippen molar-refractivity contribution in [2.24, 2.45) is 0 Å². The SMILES string of the molecule is COc1ccc(CNC(=O)c2n[nH]nc2Nc2cccc(OC)c2)cc1. The molecule has 0 aliphatic heterocycles. The molecule has 0 spiro atoms. The highest BCUT2D eigenvalue weighted by Crippen LogP contribution is 2.21. The molecule has 0 bridgehead atoms. The molecular weight excluding hydrogens is 334 g/mol. The van der Waals surface area contributed by atoms with Crippen LogP contribution >= 0.6 is 0 Å². The van der Waals surface area contributed by atoms with Crippen LogP contribution in [0.5, 0.6) is 11.5 Å². The molecule has 0 radical (unpaired) electrons. The zero-order valence-corrected chi connectivity index (χ0v) is 14.4.